The Kier molecular flexibility index (Phi) is 4.63. The van der Waals surface area contributed by atoms with Crippen LogP contribution in [0.25, 0.3) is 10.6 Å². The van der Waals surface area contributed by atoms with Crippen molar-refractivity contribution in [1.29, 1.82) is 0 Å². The molecule has 122 valence electrons. The zero-order chi connectivity index (χ0) is 16.6. The number of nitrogens with zero attached hydrogens (tertiary/aromatic N) is 5. The number of halogens is 4. The summed E-state index contributed by atoms with van der Waals surface area (Å²) in [5, 5.41) is 11.4. The quantitative estimate of drug-likeness (QED) is 0.612. The molecule has 0 unspecified atom stereocenters. The number of alkyl halides is 3. The van der Waals surface area contributed by atoms with E-state index in [9.17, 15) is 13.2 Å². The Bertz CT molecular complexity index is 825. The first-order chi connectivity index (χ1) is 10.8. The number of rotatable bonds is 4. The molecule has 0 spiro atoms. The van der Waals surface area contributed by atoms with E-state index >= 15 is 0 Å². The van der Waals surface area contributed by atoms with Gasteiger partial charge in [0.2, 0.25) is 0 Å². The first-order valence-corrected chi connectivity index (χ1v) is 9.00. The summed E-state index contributed by atoms with van der Waals surface area (Å²) in [6.07, 6.45) is -1.58. The fraction of sp³-hybridized carbons (Fsp3) is 0.273. The third-order valence-electron chi connectivity index (χ3n) is 2.60. The van der Waals surface area contributed by atoms with Crippen molar-refractivity contribution in [3.8, 4) is 10.6 Å². The largest absolute Gasteiger partial charge is 0.435 e. The molecule has 23 heavy (non-hydrogen) atoms. The van der Waals surface area contributed by atoms with Gasteiger partial charge in [0.15, 0.2) is 19.5 Å². The molecule has 3 aromatic heterocycles. The van der Waals surface area contributed by atoms with E-state index in [1.165, 1.54) is 36.3 Å². The molecule has 0 N–H and O–H groups in total. The van der Waals surface area contributed by atoms with E-state index < -0.39 is 11.9 Å². The highest BCUT2D eigenvalue weighted by Crippen LogP contribution is 2.39. The summed E-state index contributed by atoms with van der Waals surface area (Å²) in [7, 11) is 1.43. The molecule has 0 aliphatic heterocycles. The molecule has 0 aromatic carbocycles. The molecule has 0 bridgehead atoms. The Morgan fingerprint density at radius 2 is 2.09 bits per heavy atom. The van der Waals surface area contributed by atoms with Gasteiger partial charge in [-0.15, -0.1) is 21.5 Å². The van der Waals surface area contributed by atoms with Crippen LogP contribution in [0.5, 0.6) is 0 Å². The molecule has 12 heteroatoms. The molecule has 0 saturated carbocycles. The van der Waals surface area contributed by atoms with Crippen LogP contribution in [-0.4, -0.2) is 25.0 Å². The van der Waals surface area contributed by atoms with Crippen molar-refractivity contribution in [3.05, 3.63) is 27.4 Å². The number of hydrogen-bond donors (Lipinski definition) is 0. The summed E-state index contributed by atoms with van der Waals surface area (Å²) in [5.41, 5.74) is -1.02. The van der Waals surface area contributed by atoms with Gasteiger partial charge in [-0.1, -0.05) is 34.7 Å². The van der Waals surface area contributed by atoms with Crippen molar-refractivity contribution in [2.75, 3.05) is 0 Å². The maximum atomic E-state index is 13.0. The van der Waals surface area contributed by atoms with E-state index in [-0.39, 0.29) is 10.6 Å². The van der Waals surface area contributed by atoms with Crippen LogP contribution in [0.1, 0.15) is 10.6 Å². The third-order valence-corrected chi connectivity index (χ3v) is 6.03. The second kappa shape index (κ2) is 6.38. The molecule has 3 aromatic rings. The van der Waals surface area contributed by atoms with Gasteiger partial charge in [0, 0.05) is 30.1 Å². The SMILES string of the molecule is Cn1cc(-c2nnc(SCc3cnc(Cl)s3)s2)c(C(F)(F)F)n1. The predicted octanol–water partition coefficient (Wildman–Crippen LogP) is 4.36. The van der Waals surface area contributed by atoms with Crippen LogP contribution >= 0.6 is 46.0 Å². The van der Waals surface area contributed by atoms with E-state index in [1.807, 2.05) is 0 Å². The smallest absolute Gasteiger partial charge is 0.274 e. The van der Waals surface area contributed by atoms with Crippen LogP contribution in [-0.2, 0) is 19.0 Å². The Labute approximate surface area is 145 Å². The summed E-state index contributed by atoms with van der Waals surface area (Å²) < 4.78 is 41.1. The molecule has 3 heterocycles. The molecule has 0 radical (unpaired) electrons. The normalized spacial score (nSPS) is 12.0. The second-order valence-corrected chi connectivity index (χ2v) is 8.20. The van der Waals surface area contributed by atoms with Gasteiger partial charge in [0.1, 0.15) is 0 Å². The molecule has 0 aliphatic carbocycles. The average Bonchev–Trinajstić information content (AvgIpc) is 3.14. The highest BCUT2D eigenvalue weighted by atomic mass is 35.5. The molecule has 0 aliphatic rings. The summed E-state index contributed by atoms with van der Waals surface area (Å²) >= 11 is 9.56. The molecule has 0 saturated heterocycles. The topological polar surface area (TPSA) is 56.5 Å². The van der Waals surface area contributed by atoms with Crippen LogP contribution in [0, 0.1) is 0 Å². The van der Waals surface area contributed by atoms with Crippen LogP contribution in [0.4, 0.5) is 13.2 Å². The molecule has 5 nitrogen and oxygen atoms in total. The van der Waals surface area contributed by atoms with Crippen molar-refractivity contribution in [2.45, 2.75) is 16.3 Å². The lowest BCUT2D eigenvalue weighted by Crippen LogP contribution is -2.08. The lowest BCUT2D eigenvalue weighted by molar-refractivity contribution is -0.140. The van der Waals surface area contributed by atoms with E-state index in [2.05, 4.69) is 20.3 Å². The van der Waals surface area contributed by atoms with Crippen LogP contribution in [0.2, 0.25) is 4.47 Å². The van der Waals surface area contributed by atoms with Gasteiger partial charge in [0.05, 0.1) is 5.56 Å². The van der Waals surface area contributed by atoms with E-state index in [0.717, 1.165) is 20.9 Å². The van der Waals surface area contributed by atoms with Crippen LogP contribution in [0.15, 0.2) is 16.7 Å². The van der Waals surface area contributed by atoms with E-state index in [0.29, 0.717) is 14.6 Å². The maximum absolute atomic E-state index is 13.0. The standard InChI is InChI=1S/C11H7ClF3N5S3/c1-20-3-6(7(19-20)11(13,14)15)8-17-18-10(23-8)21-4-5-2-16-9(12)22-5/h2-3H,4H2,1H3. The third kappa shape index (κ3) is 3.84. The summed E-state index contributed by atoms with van der Waals surface area (Å²) in [5.74, 6) is 0.582. The molecule has 0 atom stereocenters. The lowest BCUT2D eigenvalue weighted by Gasteiger charge is -2.03. The monoisotopic (exact) mass is 397 g/mol. The zero-order valence-corrected chi connectivity index (χ0v) is 14.5. The minimum absolute atomic E-state index is 0.0646. The van der Waals surface area contributed by atoms with Gasteiger partial charge < -0.3 is 0 Å². The summed E-state index contributed by atoms with van der Waals surface area (Å²) in [4.78, 5) is 4.88. The minimum atomic E-state index is -4.53. The Morgan fingerprint density at radius 1 is 1.30 bits per heavy atom. The van der Waals surface area contributed by atoms with Crippen molar-refractivity contribution in [3.63, 3.8) is 0 Å². The Hall–Kier alpha value is -1.17. The lowest BCUT2D eigenvalue weighted by atomic mass is 10.2. The van der Waals surface area contributed by atoms with Crippen molar-refractivity contribution in [1.82, 2.24) is 25.0 Å². The van der Waals surface area contributed by atoms with Crippen molar-refractivity contribution in [2.24, 2.45) is 7.05 Å². The van der Waals surface area contributed by atoms with Crippen LogP contribution in [0.3, 0.4) is 0 Å². The van der Waals surface area contributed by atoms with Gasteiger partial charge in [0.25, 0.3) is 0 Å². The second-order valence-electron chi connectivity index (χ2n) is 4.30. The van der Waals surface area contributed by atoms with E-state index in [4.69, 9.17) is 11.6 Å². The molecule has 0 amide bonds. The summed E-state index contributed by atoms with van der Waals surface area (Å²) in [6.45, 7) is 0. The molecule has 0 fully saturated rings. The Balaban J connectivity index is 1.79. The summed E-state index contributed by atoms with van der Waals surface area (Å²) in [6, 6.07) is 0. The van der Waals surface area contributed by atoms with Gasteiger partial charge in [-0.25, -0.2) is 4.98 Å². The average molecular weight is 398 g/mol. The van der Waals surface area contributed by atoms with Gasteiger partial charge in [-0.3, -0.25) is 4.68 Å². The number of aryl methyl sites for hydroxylation is 1. The van der Waals surface area contributed by atoms with Gasteiger partial charge in [-0.2, -0.15) is 18.3 Å². The molecular weight excluding hydrogens is 391 g/mol. The fourth-order valence-corrected chi connectivity index (χ4v) is 4.58. The van der Waals surface area contributed by atoms with Gasteiger partial charge in [-0.05, 0) is 0 Å². The Morgan fingerprint density at radius 3 is 2.74 bits per heavy atom. The number of thiazole rings is 1. The van der Waals surface area contributed by atoms with Crippen molar-refractivity contribution >= 4 is 46.0 Å². The van der Waals surface area contributed by atoms with Crippen LogP contribution < -0.4 is 0 Å². The molecular formula is C11H7ClF3N5S3. The highest BCUT2D eigenvalue weighted by molar-refractivity contribution is 8.00. The first kappa shape index (κ1) is 16.7. The first-order valence-electron chi connectivity index (χ1n) is 6.00. The fourth-order valence-electron chi connectivity index (χ4n) is 1.71. The van der Waals surface area contributed by atoms with E-state index in [1.54, 1.807) is 6.20 Å². The predicted molar refractivity (Wildman–Crippen MR) is 83.8 cm³/mol. The highest BCUT2D eigenvalue weighted by Gasteiger charge is 2.38. The maximum Gasteiger partial charge on any atom is 0.435 e. The van der Waals surface area contributed by atoms with Crippen molar-refractivity contribution < 1.29 is 13.2 Å². The van der Waals surface area contributed by atoms with Gasteiger partial charge >= 0.3 is 6.18 Å². The number of hydrogen-bond acceptors (Lipinski definition) is 7. The minimum Gasteiger partial charge on any atom is -0.274 e. The number of aromatic nitrogens is 5. The number of thioether (sulfide) groups is 1. The zero-order valence-electron chi connectivity index (χ0n) is 11.3. The molecule has 3 rings (SSSR count).